The lowest BCUT2D eigenvalue weighted by Crippen LogP contribution is -2.48. The van der Waals surface area contributed by atoms with Gasteiger partial charge in [-0.25, -0.2) is 8.42 Å². The smallest absolute Gasteiger partial charge is 0.287 e. The predicted octanol–water partition coefficient (Wildman–Crippen LogP) is 4.20. The van der Waals surface area contributed by atoms with E-state index in [-0.39, 0.29) is 23.6 Å². The van der Waals surface area contributed by atoms with Crippen LogP contribution < -0.4 is 10.1 Å². The molecule has 242 valence electrons. The summed E-state index contributed by atoms with van der Waals surface area (Å²) in [6, 6.07) is 22.2. The Morgan fingerprint density at radius 2 is 1.54 bits per heavy atom. The van der Waals surface area contributed by atoms with E-state index in [1.54, 1.807) is 43.5 Å². The third-order valence-electron chi connectivity index (χ3n) is 8.87. The number of furan rings is 1. The molecule has 3 heterocycles. The number of fused-ring (bicyclic) bond motifs is 1. The van der Waals surface area contributed by atoms with Crippen LogP contribution in [-0.4, -0.2) is 93.6 Å². The molecular weight excluding hydrogens is 604 g/mol. The monoisotopic (exact) mass is 644 g/mol. The number of benzene rings is 3. The summed E-state index contributed by atoms with van der Waals surface area (Å²) < 4.78 is 34.6. The summed E-state index contributed by atoms with van der Waals surface area (Å²) in [5.74, 6) is 0.816. The van der Waals surface area contributed by atoms with Gasteiger partial charge in [-0.3, -0.25) is 19.4 Å². The molecule has 2 fully saturated rings. The molecule has 0 aliphatic carbocycles. The number of carbonyl (C=O) groups is 2. The summed E-state index contributed by atoms with van der Waals surface area (Å²) in [6.45, 7) is 5.95. The zero-order valence-corrected chi connectivity index (χ0v) is 27.1. The van der Waals surface area contributed by atoms with E-state index < -0.39 is 9.84 Å². The van der Waals surface area contributed by atoms with E-state index in [4.69, 9.17) is 9.15 Å². The first kappa shape index (κ1) is 31.8. The molecule has 6 rings (SSSR count). The van der Waals surface area contributed by atoms with Crippen molar-refractivity contribution in [1.82, 2.24) is 20.0 Å². The fourth-order valence-corrected chi connectivity index (χ4v) is 6.83. The number of nitrogens with one attached hydrogen (secondary N) is 1. The van der Waals surface area contributed by atoms with Crippen molar-refractivity contribution in [3.05, 3.63) is 95.2 Å². The largest absolute Gasteiger partial charge is 0.497 e. The Bertz CT molecular complexity index is 1800. The van der Waals surface area contributed by atoms with E-state index in [1.807, 2.05) is 29.2 Å². The number of amides is 2. The lowest BCUT2D eigenvalue weighted by Gasteiger charge is -2.34. The highest BCUT2D eigenvalue weighted by Gasteiger charge is 2.25. The molecule has 0 bridgehead atoms. The highest BCUT2D eigenvalue weighted by Crippen LogP contribution is 2.24. The minimum absolute atomic E-state index is 0.0491. The van der Waals surface area contributed by atoms with Crippen LogP contribution in [0.2, 0.25) is 0 Å². The second-order valence-electron chi connectivity index (χ2n) is 12.2. The normalized spacial score (nSPS) is 16.9. The molecule has 4 aromatic rings. The molecule has 2 amide bonds. The molecule has 3 aromatic carbocycles. The van der Waals surface area contributed by atoms with Crippen molar-refractivity contribution < 1.29 is 27.2 Å². The maximum atomic E-state index is 13.3. The minimum Gasteiger partial charge on any atom is -0.497 e. The number of piperidine rings is 1. The Hall–Kier alpha value is -4.19. The van der Waals surface area contributed by atoms with Crippen molar-refractivity contribution in [2.24, 2.45) is 0 Å². The number of hydrogen-bond acceptors (Lipinski definition) is 8. The molecule has 0 spiro atoms. The lowest BCUT2D eigenvalue weighted by molar-refractivity contribution is 0.0628. The van der Waals surface area contributed by atoms with E-state index in [2.05, 4.69) is 27.2 Å². The van der Waals surface area contributed by atoms with E-state index in [9.17, 15) is 18.0 Å². The first-order valence-electron chi connectivity index (χ1n) is 15.6. The standard InChI is InChI=1S/C35H40N4O6S/c1-44-30-5-3-4-26(20-30)24-37-14-12-29(13-15-37)36-34(40)33-22-28-21-27(8-11-32(28)45-33)35(41)39-18-16-38(17-19-39)23-25-6-9-31(10-7-25)46(2,42)43/h3-11,20-22,29H,12-19,23-24H2,1-2H3,(H,36,40). The first-order chi connectivity index (χ1) is 22.1. The molecule has 0 radical (unpaired) electrons. The van der Waals surface area contributed by atoms with Gasteiger partial charge in [0.05, 0.1) is 12.0 Å². The van der Waals surface area contributed by atoms with Crippen molar-refractivity contribution in [2.75, 3.05) is 52.6 Å². The number of sulfone groups is 1. The second kappa shape index (κ2) is 13.7. The Morgan fingerprint density at radius 1 is 0.848 bits per heavy atom. The molecule has 2 aliphatic rings. The fourth-order valence-electron chi connectivity index (χ4n) is 6.20. The van der Waals surface area contributed by atoms with Crippen LogP contribution in [-0.2, 0) is 22.9 Å². The highest BCUT2D eigenvalue weighted by atomic mass is 32.2. The van der Waals surface area contributed by atoms with Crippen LogP contribution in [0.3, 0.4) is 0 Å². The molecule has 1 aromatic heterocycles. The number of likely N-dealkylation sites (tertiary alicyclic amines) is 1. The van der Waals surface area contributed by atoms with Crippen LogP contribution in [0.15, 0.2) is 82.1 Å². The van der Waals surface area contributed by atoms with Crippen molar-refractivity contribution in [3.8, 4) is 5.75 Å². The van der Waals surface area contributed by atoms with Gasteiger partial charge < -0.3 is 19.4 Å². The summed E-state index contributed by atoms with van der Waals surface area (Å²) in [5, 5.41) is 3.86. The van der Waals surface area contributed by atoms with Crippen LogP contribution in [0, 0.1) is 0 Å². The van der Waals surface area contributed by atoms with Gasteiger partial charge in [0.1, 0.15) is 11.3 Å². The second-order valence-corrected chi connectivity index (χ2v) is 14.2. The summed E-state index contributed by atoms with van der Waals surface area (Å²) in [4.78, 5) is 33.2. The molecule has 2 aliphatic heterocycles. The predicted molar refractivity (Wildman–Crippen MR) is 176 cm³/mol. The van der Waals surface area contributed by atoms with E-state index in [1.165, 1.54) is 11.8 Å². The van der Waals surface area contributed by atoms with Gasteiger partial charge in [-0.05, 0) is 72.5 Å². The Morgan fingerprint density at radius 3 is 2.24 bits per heavy atom. The average Bonchev–Trinajstić information content (AvgIpc) is 3.50. The topological polar surface area (TPSA) is 112 Å². The maximum Gasteiger partial charge on any atom is 0.287 e. The molecule has 11 heteroatoms. The van der Waals surface area contributed by atoms with Crippen LogP contribution in [0.25, 0.3) is 11.0 Å². The number of methoxy groups -OCH3 is 1. The average molecular weight is 645 g/mol. The third-order valence-corrected chi connectivity index (χ3v) is 10.00. The van der Waals surface area contributed by atoms with Crippen molar-refractivity contribution >= 4 is 32.6 Å². The van der Waals surface area contributed by atoms with E-state index in [0.717, 1.165) is 62.3 Å². The molecule has 2 saturated heterocycles. The molecule has 1 N–H and O–H groups in total. The van der Waals surface area contributed by atoms with Gasteiger partial charge in [0.15, 0.2) is 15.6 Å². The number of nitrogens with zero attached hydrogens (tertiary/aromatic N) is 3. The number of carbonyl (C=O) groups excluding carboxylic acids is 2. The van der Waals surface area contributed by atoms with Gasteiger partial charge in [0.25, 0.3) is 11.8 Å². The zero-order chi connectivity index (χ0) is 32.3. The van der Waals surface area contributed by atoms with Gasteiger partial charge >= 0.3 is 0 Å². The van der Waals surface area contributed by atoms with Crippen molar-refractivity contribution in [2.45, 2.75) is 36.9 Å². The summed E-state index contributed by atoms with van der Waals surface area (Å²) in [6.07, 6.45) is 2.92. The summed E-state index contributed by atoms with van der Waals surface area (Å²) >= 11 is 0. The Balaban J connectivity index is 0.990. The Kier molecular flexibility index (Phi) is 9.44. The molecular formula is C35H40N4O6S. The minimum atomic E-state index is -3.22. The zero-order valence-electron chi connectivity index (χ0n) is 26.3. The number of rotatable bonds is 9. The fraction of sp³-hybridized carbons (Fsp3) is 0.371. The third kappa shape index (κ3) is 7.60. The highest BCUT2D eigenvalue weighted by molar-refractivity contribution is 7.90. The molecule has 0 saturated carbocycles. The van der Waals surface area contributed by atoms with Gasteiger partial charge in [-0.2, -0.15) is 0 Å². The van der Waals surface area contributed by atoms with Gasteiger partial charge in [-0.15, -0.1) is 0 Å². The van der Waals surface area contributed by atoms with Gasteiger partial charge in [-0.1, -0.05) is 24.3 Å². The van der Waals surface area contributed by atoms with Crippen molar-refractivity contribution in [3.63, 3.8) is 0 Å². The van der Waals surface area contributed by atoms with Crippen LogP contribution in [0.1, 0.15) is 44.9 Å². The lowest BCUT2D eigenvalue weighted by atomic mass is 10.0. The quantitative estimate of drug-likeness (QED) is 0.289. The number of ether oxygens (including phenoxy) is 1. The molecule has 46 heavy (non-hydrogen) atoms. The Labute approximate surface area is 269 Å². The number of hydrogen-bond donors (Lipinski definition) is 1. The SMILES string of the molecule is COc1cccc(CN2CCC(NC(=O)c3cc4cc(C(=O)N5CCN(Cc6ccc(S(C)(=O)=O)cc6)CC5)ccc4o3)CC2)c1. The summed E-state index contributed by atoms with van der Waals surface area (Å²) in [7, 11) is -1.54. The van der Waals surface area contributed by atoms with Crippen LogP contribution in [0.4, 0.5) is 0 Å². The van der Waals surface area contributed by atoms with E-state index in [0.29, 0.717) is 35.7 Å². The molecule has 0 unspecified atom stereocenters. The van der Waals surface area contributed by atoms with E-state index >= 15 is 0 Å². The first-order valence-corrected chi connectivity index (χ1v) is 17.5. The van der Waals surface area contributed by atoms with Gasteiger partial charge in [0, 0.05) is 75.6 Å². The van der Waals surface area contributed by atoms with Gasteiger partial charge in [0.2, 0.25) is 0 Å². The van der Waals surface area contributed by atoms with Crippen LogP contribution >= 0.6 is 0 Å². The number of piperazine rings is 1. The maximum absolute atomic E-state index is 13.3. The molecule has 0 atom stereocenters. The van der Waals surface area contributed by atoms with Crippen molar-refractivity contribution in [1.29, 1.82) is 0 Å². The summed E-state index contributed by atoms with van der Waals surface area (Å²) in [5.41, 5.74) is 3.38. The van der Waals surface area contributed by atoms with Crippen LogP contribution in [0.5, 0.6) is 5.75 Å². The molecule has 10 nitrogen and oxygen atoms in total.